The summed E-state index contributed by atoms with van der Waals surface area (Å²) < 4.78 is 145. The van der Waals surface area contributed by atoms with E-state index in [0.717, 1.165) is 10.8 Å². The number of furan rings is 2. The molecular formula is C38H22O2. The summed E-state index contributed by atoms with van der Waals surface area (Å²) in [4.78, 5) is 0. The van der Waals surface area contributed by atoms with Gasteiger partial charge in [-0.1, -0.05) is 96.7 Å². The molecule has 0 atom stereocenters. The van der Waals surface area contributed by atoms with Gasteiger partial charge in [-0.15, -0.1) is 0 Å². The predicted octanol–water partition coefficient (Wildman–Crippen LogP) is 11.1. The Morgan fingerprint density at radius 2 is 1.12 bits per heavy atom. The molecule has 9 aromatic rings. The summed E-state index contributed by atoms with van der Waals surface area (Å²) in [6.07, 6.45) is 1.53. The largest absolute Gasteiger partial charge is 0.460 e. The van der Waals surface area contributed by atoms with Crippen LogP contribution in [0.15, 0.2) is 142 Å². The zero-order valence-corrected chi connectivity index (χ0v) is 20.4. The van der Waals surface area contributed by atoms with Crippen molar-refractivity contribution < 1.29 is 29.4 Å². The molecule has 0 unspecified atom stereocenters. The van der Waals surface area contributed by atoms with Gasteiger partial charge >= 0.3 is 0 Å². The molecule has 0 aliphatic rings. The first-order valence-electron chi connectivity index (χ1n) is 19.9. The minimum Gasteiger partial charge on any atom is -0.460 e. The summed E-state index contributed by atoms with van der Waals surface area (Å²) >= 11 is 0. The van der Waals surface area contributed by atoms with E-state index < -0.39 is 107 Å². The second-order valence-electron chi connectivity index (χ2n) is 9.34. The maximum Gasteiger partial charge on any atom is 0.178 e. The molecule has 2 heteroatoms. The zero-order valence-electron chi connectivity index (χ0n) is 35.4. The van der Waals surface area contributed by atoms with E-state index in [4.69, 9.17) is 21.2 Å². The molecular weight excluding hydrogens is 488 g/mol. The van der Waals surface area contributed by atoms with Crippen LogP contribution in [0.1, 0.15) is 20.6 Å². The third-order valence-corrected chi connectivity index (χ3v) is 7.22. The van der Waals surface area contributed by atoms with Crippen LogP contribution in [-0.2, 0) is 0 Å². The van der Waals surface area contributed by atoms with Gasteiger partial charge in [0.1, 0.15) is 5.58 Å². The Bertz CT molecular complexity index is 3190. The van der Waals surface area contributed by atoms with Crippen LogP contribution in [0.25, 0.3) is 87.5 Å². The Morgan fingerprint density at radius 3 is 1.88 bits per heavy atom. The highest BCUT2D eigenvalue weighted by molar-refractivity contribution is 6.22. The van der Waals surface area contributed by atoms with Gasteiger partial charge in [-0.2, -0.15) is 0 Å². The number of fused-ring (bicyclic) bond motifs is 8. The normalized spacial score (nSPS) is 17.2. The third kappa shape index (κ3) is 2.99. The smallest absolute Gasteiger partial charge is 0.178 e. The first-order chi connectivity index (χ1) is 26.1. The maximum absolute atomic E-state index is 9.36. The molecule has 0 saturated carbocycles. The molecule has 0 aliphatic heterocycles. The maximum atomic E-state index is 9.36. The Labute approximate surface area is 250 Å². The van der Waals surface area contributed by atoms with Gasteiger partial charge in [-0.05, 0) is 84.9 Å². The van der Waals surface area contributed by atoms with Gasteiger partial charge in [0.15, 0.2) is 11.2 Å². The molecule has 2 aromatic heterocycles. The van der Waals surface area contributed by atoms with E-state index in [9.17, 15) is 8.22 Å². The number of rotatable bonds is 2. The van der Waals surface area contributed by atoms with Crippen LogP contribution in [0.4, 0.5) is 0 Å². The quantitative estimate of drug-likeness (QED) is 0.210. The molecule has 40 heavy (non-hydrogen) atoms. The monoisotopic (exact) mass is 525 g/mol. The van der Waals surface area contributed by atoms with E-state index in [2.05, 4.69) is 0 Å². The molecule has 0 N–H and O–H groups in total. The van der Waals surface area contributed by atoms with Gasteiger partial charge in [0, 0.05) is 16.2 Å². The highest BCUT2D eigenvalue weighted by Crippen LogP contribution is 2.45. The summed E-state index contributed by atoms with van der Waals surface area (Å²) in [5, 5.41) is 0.306. The van der Waals surface area contributed by atoms with Crippen LogP contribution >= 0.6 is 0 Å². The van der Waals surface area contributed by atoms with Crippen LogP contribution in [0.5, 0.6) is 0 Å². The third-order valence-electron chi connectivity index (χ3n) is 7.22. The lowest BCUT2D eigenvalue weighted by Gasteiger charge is -2.18. The van der Waals surface area contributed by atoms with Crippen molar-refractivity contribution in [3.8, 4) is 22.3 Å². The van der Waals surface area contributed by atoms with Crippen molar-refractivity contribution in [1.82, 2.24) is 0 Å². The minimum absolute atomic E-state index is 0.00915. The summed E-state index contributed by atoms with van der Waals surface area (Å²) in [5.41, 5.74) is 0.660. The van der Waals surface area contributed by atoms with Gasteiger partial charge < -0.3 is 8.83 Å². The van der Waals surface area contributed by atoms with E-state index >= 15 is 0 Å². The number of hydrogen-bond acceptors (Lipinski definition) is 2. The fraction of sp³-hybridized carbons (Fsp3) is 0. The van der Waals surface area contributed by atoms with E-state index in [1.54, 1.807) is 24.3 Å². The van der Waals surface area contributed by atoms with Gasteiger partial charge in [0.25, 0.3) is 0 Å². The zero-order chi connectivity index (χ0) is 39.3. The van der Waals surface area contributed by atoms with Crippen molar-refractivity contribution in [2.75, 3.05) is 0 Å². The molecule has 186 valence electrons. The van der Waals surface area contributed by atoms with E-state index in [-0.39, 0.29) is 38.2 Å². The van der Waals surface area contributed by atoms with Crippen LogP contribution < -0.4 is 0 Å². The van der Waals surface area contributed by atoms with Crippen molar-refractivity contribution in [3.05, 3.63) is 133 Å². The molecule has 0 aliphatic carbocycles. The topological polar surface area (TPSA) is 26.3 Å². The Balaban J connectivity index is 1.55. The van der Waals surface area contributed by atoms with Crippen molar-refractivity contribution in [1.29, 1.82) is 0 Å². The molecule has 2 nitrogen and oxygen atoms in total. The first-order valence-corrected chi connectivity index (χ1v) is 12.4. The summed E-state index contributed by atoms with van der Waals surface area (Å²) in [7, 11) is 0. The average molecular weight is 526 g/mol. The Morgan fingerprint density at radius 1 is 0.475 bits per heavy atom. The second kappa shape index (κ2) is 8.08. The number of benzene rings is 7. The van der Waals surface area contributed by atoms with E-state index in [0.29, 0.717) is 22.1 Å². The molecule has 0 bridgehead atoms. The lowest BCUT2D eigenvalue weighted by molar-refractivity contribution is 0.600. The van der Waals surface area contributed by atoms with Crippen molar-refractivity contribution in [2.45, 2.75) is 0 Å². The molecule has 0 amide bonds. The highest BCUT2D eigenvalue weighted by Gasteiger charge is 2.18. The number of hydrogen-bond donors (Lipinski definition) is 0. The minimum atomic E-state index is -0.745. The average Bonchev–Trinajstić information content (AvgIpc) is 3.81. The van der Waals surface area contributed by atoms with Crippen molar-refractivity contribution in [2.24, 2.45) is 0 Å². The highest BCUT2D eigenvalue weighted by atomic mass is 16.4. The van der Waals surface area contributed by atoms with Crippen LogP contribution in [0, 0.1) is 0 Å². The van der Waals surface area contributed by atoms with E-state index in [1.807, 2.05) is 12.1 Å². The molecule has 0 fully saturated rings. The molecule has 7 aromatic carbocycles. The molecule has 0 saturated heterocycles. The van der Waals surface area contributed by atoms with Gasteiger partial charge in [0.05, 0.1) is 26.8 Å². The second-order valence-corrected chi connectivity index (χ2v) is 9.34. The lowest BCUT2D eigenvalue weighted by Crippen LogP contribution is -1.90. The lowest BCUT2D eigenvalue weighted by atomic mass is 9.85. The molecule has 0 radical (unpaired) electrons. The summed E-state index contributed by atoms with van der Waals surface area (Å²) in [6.45, 7) is 0. The SMILES string of the molecule is [2H]c1c([2H])c([2H])c2c([2H])c(-c3c4c([2H])c([2H])c([2H])c([2H])c4c(-c4ccc5c(c4)oc4c5ccc5ccoc54)c4c([2H])c([2H])c([2H])c([2H])c34)c([2H])c([2H])c2c1[2H]. The fourth-order valence-electron chi connectivity index (χ4n) is 5.48. The van der Waals surface area contributed by atoms with Gasteiger partial charge in [-0.25, -0.2) is 0 Å². The molecule has 0 spiro atoms. The standard InChI is InChI=1S/C38H22O2/c1-2-8-25-21-26(14-13-23(25)7-1)35-29-9-3-5-11-31(29)36(32-12-6-4-10-30(32)35)27-16-17-28-33-18-15-24-19-20-39-37(24)38(33)40-34(28)22-27/h1-22H/i1D,2D,3D,4D,5D,6D,7D,8D,9D,10D,11D,12D,13D,14D,21D. The van der Waals surface area contributed by atoms with Crippen LogP contribution in [-0.4, -0.2) is 0 Å². The van der Waals surface area contributed by atoms with Gasteiger partial charge in [0.2, 0.25) is 0 Å². The summed E-state index contributed by atoms with van der Waals surface area (Å²) in [6, 6.07) is 0.350. The summed E-state index contributed by atoms with van der Waals surface area (Å²) in [5.74, 6) is 0. The Hall–Kier alpha value is -5.34. The van der Waals surface area contributed by atoms with E-state index in [1.165, 1.54) is 6.26 Å². The van der Waals surface area contributed by atoms with Crippen molar-refractivity contribution in [3.63, 3.8) is 0 Å². The molecule has 9 rings (SSSR count). The van der Waals surface area contributed by atoms with Crippen LogP contribution in [0.3, 0.4) is 0 Å². The first kappa shape index (κ1) is 11.8. The Kier molecular flexibility index (Phi) is 2.39. The molecule has 2 heterocycles. The van der Waals surface area contributed by atoms with Crippen LogP contribution in [0.2, 0.25) is 0 Å². The fourth-order valence-corrected chi connectivity index (χ4v) is 5.48. The van der Waals surface area contributed by atoms with Crippen molar-refractivity contribution >= 4 is 65.2 Å². The predicted molar refractivity (Wildman–Crippen MR) is 167 cm³/mol. The van der Waals surface area contributed by atoms with Gasteiger partial charge in [-0.3, -0.25) is 0 Å².